The molecule has 2 atom stereocenters. The fourth-order valence-electron chi connectivity index (χ4n) is 4.53. The molecular weight excluding hydrogens is 546 g/mol. The van der Waals surface area contributed by atoms with Crippen molar-refractivity contribution in [3.63, 3.8) is 0 Å². The molecule has 9 heteroatoms. The summed E-state index contributed by atoms with van der Waals surface area (Å²) in [5, 5.41) is 5.55. The average Bonchev–Trinajstić information content (AvgIpc) is 2.96. The van der Waals surface area contributed by atoms with Crippen LogP contribution < -0.4 is 10.6 Å². The van der Waals surface area contributed by atoms with E-state index in [0.717, 1.165) is 18.4 Å². The van der Waals surface area contributed by atoms with Crippen LogP contribution in [0.15, 0.2) is 54.6 Å². The van der Waals surface area contributed by atoms with Gasteiger partial charge in [0.2, 0.25) is 11.8 Å². The van der Waals surface area contributed by atoms with E-state index < -0.39 is 41.6 Å². The molecule has 0 fully saturated rings. The first-order valence-electron chi connectivity index (χ1n) is 14.8. The molecule has 2 rings (SSSR count). The molecule has 43 heavy (non-hydrogen) atoms. The third-order valence-corrected chi connectivity index (χ3v) is 6.46. The van der Waals surface area contributed by atoms with E-state index in [2.05, 4.69) is 16.6 Å². The molecule has 0 bridgehead atoms. The highest BCUT2D eigenvalue weighted by Gasteiger charge is 2.37. The van der Waals surface area contributed by atoms with Gasteiger partial charge in [-0.05, 0) is 51.3 Å². The molecule has 0 saturated heterocycles. The summed E-state index contributed by atoms with van der Waals surface area (Å²) in [6, 6.07) is 14.1. The molecule has 0 aliphatic rings. The maximum Gasteiger partial charge on any atom is 0.408 e. The monoisotopic (exact) mass is 591 g/mol. The Labute approximate surface area is 255 Å². The van der Waals surface area contributed by atoms with E-state index in [1.165, 1.54) is 4.90 Å². The average molecular weight is 592 g/mol. The first-order chi connectivity index (χ1) is 20.5. The van der Waals surface area contributed by atoms with E-state index in [9.17, 15) is 19.2 Å². The molecule has 0 saturated carbocycles. The Kier molecular flexibility index (Phi) is 14.3. The second-order valence-electron chi connectivity index (χ2n) is 11.1. The van der Waals surface area contributed by atoms with Gasteiger partial charge in [-0.2, -0.15) is 0 Å². The van der Waals surface area contributed by atoms with Crippen molar-refractivity contribution in [3.8, 4) is 12.3 Å². The zero-order valence-corrected chi connectivity index (χ0v) is 26.0. The number of carbonyl (C=O) groups excluding carboxylic acids is 4. The fourth-order valence-corrected chi connectivity index (χ4v) is 4.53. The molecule has 0 aliphatic heterocycles. The van der Waals surface area contributed by atoms with Crippen molar-refractivity contribution in [1.29, 1.82) is 0 Å². The molecule has 2 N–H and O–H groups in total. The molecule has 2 aromatic carbocycles. The van der Waals surface area contributed by atoms with Crippen LogP contribution in [0.25, 0.3) is 0 Å². The lowest BCUT2D eigenvalue weighted by atomic mass is 9.96. The predicted molar refractivity (Wildman–Crippen MR) is 166 cm³/mol. The number of alkyl carbamates (subject to hydrolysis) is 1. The first kappa shape index (κ1) is 34.9. The van der Waals surface area contributed by atoms with Gasteiger partial charge >= 0.3 is 12.1 Å². The van der Waals surface area contributed by atoms with Gasteiger partial charge in [0.1, 0.15) is 17.7 Å². The highest BCUT2D eigenvalue weighted by molar-refractivity contribution is 5.93. The Balaban J connectivity index is 2.56. The van der Waals surface area contributed by atoms with Crippen LogP contribution in [0.5, 0.6) is 0 Å². The van der Waals surface area contributed by atoms with Crippen molar-refractivity contribution in [3.05, 3.63) is 71.3 Å². The van der Waals surface area contributed by atoms with Crippen LogP contribution in [0.2, 0.25) is 0 Å². The zero-order chi connectivity index (χ0) is 31.8. The lowest BCUT2D eigenvalue weighted by Crippen LogP contribution is -2.54. The Morgan fingerprint density at radius 2 is 1.65 bits per heavy atom. The van der Waals surface area contributed by atoms with Crippen LogP contribution in [0.1, 0.15) is 83.0 Å². The number of hydrogen-bond acceptors (Lipinski definition) is 6. The fraction of sp³-hybridized carbons (Fsp3) is 0.471. The highest BCUT2D eigenvalue weighted by atomic mass is 16.6. The molecule has 0 heterocycles. The predicted octanol–water partition coefficient (Wildman–Crippen LogP) is 4.93. The van der Waals surface area contributed by atoms with E-state index in [0.29, 0.717) is 17.5 Å². The van der Waals surface area contributed by atoms with Gasteiger partial charge in [0.15, 0.2) is 0 Å². The van der Waals surface area contributed by atoms with Gasteiger partial charge in [-0.3, -0.25) is 14.4 Å². The van der Waals surface area contributed by atoms with Crippen LogP contribution in [-0.4, -0.2) is 60.1 Å². The number of hydrogen-bond donors (Lipinski definition) is 2. The van der Waals surface area contributed by atoms with Crippen molar-refractivity contribution >= 4 is 23.9 Å². The maximum absolute atomic E-state index is 14.5. The van der Waals surface area contributed by atoms with E-state index in [1.54, 1.807) is 52.0 Å². The molecule has 232 valence electrons. The number of esters is 1. The largest absolute Gasteiger partial charge is 0.466 e. The summed E-state index contributed by atoms with van der Waals surface area (Å²) in [5.41, 5.74) is 0.975. The van der Waals surface area contributed by atoms with Crippen LogP contribution in [0.4, 0.5) is 4.79 Å². The summed E-state index contributed by atoms with van der Waals surface area (Å²) in [4.78, 5) is 54.7. The summed E-state index contributed by atoms with van der Waals surface area (Å²) in [6.07, 6.45) is 7.57. The summed E-state index contributed by atoms with van der Waals surface area (Å²) in [5.74, 6) is 1.24. The molecule has 2 aromatic rings. The molecule has 2 unspecified atom stereocenters. The van der Waals surface area contributed by atoms with Crippen molar-refractivity contribution in [1.82, 2.24) is 15.5 Å². The SMILES string of the molecule is C#Cc1ccccc1C(C(=O)NCCC(=O)OCC)N(CCCCC)C(=O)C(Cc1ccccc1)NC(=O)OC(C)(C)C. The third kappa shape index (κ3) is 11.8. The maximum atomic E-state index is 14.5. The zero-order valence-electron chi connectivity index (χ0n) is 26.0. The summed E-state index contributed by atoms with van der Waals surface area (Å²) >= 11 is 0. The van der Waals surface area contributed by atoms with Gasteiger partial charge < -0.3 is 25.0 Å². The lowest BCUT2D eigenvalue weighted by Gasteiger charge is -2.35. The van der Waals surface area contributed by atoms with Crippen LogP contribution in [0, 0.1) is 12.3 Å². The van der Waals surface area contributed by atoms with Gasteiger partial charge in [-0.1, -0.05) is 74.2 Å². The first-order valence-corrected chi connectivity index (χ1v) is 14.8. The van der Waals surface area contributed by atoms with E-state index in [4.69, 9.17) is 15.9 Å². The normalized spacial score (nSPS) is 12.3. The number of unbranched alkanes of at least 4 members (excludes halogenated alkanes) is 2. The number of amides is 3. The number of carbonyl (C=O) groups is 4. The van der Waals surface area contributed by atoms with E-state index >= 15 is 0 Å². The molecule has 0 spiro atoms. The van der Waals surface area contributed by atoms with Crippen molar-refractivity contribution in [2.24, 2.45) is 0 Å². The minimum Gasteiger partial charge on any atom is -0.466 e. The number of benzene rings is 2. The Morgan fingerprint density at radius 3 is 2.28 bits per heavy atom. The molecule has 0 aromatic heterocycles. The summed E-state index contributed by atoms with van der Waals surface area (Å²) < 4.78 is 10.5. The van der Waals surface area contributed by atoms with Gasteiger partial charge in [0.05, 0.1) is 13.0 Å². The van der Waals surface area contributed by atoms with Gasteiger partial charge in [-0.25, -0.2) is 4.79 Å². The molecule has 3 amide bonds. The standard InChI is InChI=1S/C34H45N3O6/c1-7-10-16-23-37(32(40)28(24-25-17-12-11-13-18-25)36-33(41)43-34(4,5)6)30(27-20-15-14-19-26(27)8-2)31(39)35-22-21-29(38)42-9-3/h2,11-15,17-20,28,30H,7,9-10,16,21-24H2,1,3-6H3,(H,35,39)(H,36,41). The second kappa shape index (κ2) is 17.6. The van der Waals surface area contributed by atoms with E-state index in [-0.39, 0.29) is 32.5 Å². The molecular formula is C34H45N3O6. The van der Waals surface area contributed by atoms with Crippen molar-refractivity contribution < 1.29 is 28.7 Å². The minimum absolute atomic E-state index is 0.0208. The molecule has 0 aliphatic carbocycles. The van der Waals surface area contributed by atoms with Crippen molar-refractivity contribution in [2.75, 3.05) is 19.7 Å². The topological polar surface area (TPSA) is 114 Å². The quantitative estimate of drug-likeness (QED) is 0.172. The Morgan fingerprint density at radius 1 is 0.977 bits per heavy atom. The second-order valence-corrected chi connectivity index (χ2v) is 11.1. The molecule has 9 nitrogen and oxygen atoms in total. The lowest BCUT2D eigenvalue weighted by molar-refractivity contribution is -0.144. The number of nitrogens with zero attached hydrogens (tertiary/aromatic N) is 1. The Hall–Kier alpha value is -4.32. The third-order valence-electron chi connectivity index (χ3n) is 6.46. The number of ether oxygens (including phenoxy) is 2. The van der Waals surface area contributed by atoms with Crippen LogP contribution >= 0.6 is 0 Å². The van der Waals surface area contributed by atoms with Crippen molar-refractivity contribution in [2.45, 2.75) is 84.4 Å². The van der Waals surface area contributed by atoms with Gasteiger partial charge in [0.25, 0.3) is 0 Å². The number of rotatable bonds is 15. The smallest absolute Gasteiger partial charge is 0.408 e. The van der Waals surface area contributed by atoms with Gasteiger partial charge in [0, 0.05) is 25.1 Å². The highest BCUT2D eigenvalue weighted by Crippen LogP contribution is 2.27. The Bertz CT molecular complexity index is 1250. The number of nitrogens with one attached hydrogen (secondary N) is 2. The van der Waals surface area contributed by atoms with Crippen LogP contribution in [0.3, 0.4) is 0 Å². The summed E-state index contributed by atoms with van der Waals surface area (Å²) in [7, 11) is 0. The minimum atomic E-state index is -1.11. The van der Waals surface area contributed by atoms with E-state index in [1.807, 2.05) is 37.3 Å². The van der Waals surface area contributed by atoms with Gasteiger partial charge in [-0.15, -0.1) is 6.42 Å². The molecule has 0 radical (unpaired) electrons. The number of terminal acetylenes is 1. The van der Waals surface area contributed by atoms with Crippen LogP contribution in [-0.2, 0) is 30.3 Å². The summed E-state index contributed by atoms with van der Waals surface area (Å²) in [6.45, 7) is 9.47.